The SMILES string of the molecule is C[C@@H](C(=O)NC1CCCC1)N(Cc1ccc(F)cc1)C(=O)COc1ccc(Br)cc1. The van der Waals surface area contributed by atoms with Crippen LogP contribution in [0.5, 0.6) is 5.75 Å². The number of carbonyl (C=O) groups is 2. The van der Waals surface area contributed by atoms with Gasteiger partial charge < -0.3 is 15.0 Å². The van der Waals surface area contributed by atoms with E-state index in [4.69, 9.17) is 4.74 Å². The largest absolute Gasteiger partial charge is 0.484 e. The molecular formula is C23H26BrFN2O3. The van der Waals surface area contributed by atoms with Crippen LogP contribution in [0.2, 0.25) is 0 Å². The molecule has 0 radical (unpaired) electrons. The number of halogens is 2. The molecule has 0 aromatic heterocycles. The zero-order valence-electron chi connectivity index (χ0n) is 16.9. The monoisotopic (exact) mass is 476 g/mol. The minimum Gasteiger partial charge on any atom is -0.484 e. The minimum atomic E-state index is -0.670. The first-order valence-electron chi connectivity index (χ1n) is 10.1. The summed E-state index contributed by atoms with van der Waals surface area (Å²) in [6.45, 7) is 1.72. The highest BCUT2D eigenvalue weighted by Crippen LogP contribution is 2.19. The van der Waals surface area contributed by atoms with Crippen LogP contribution >= 0.6 is 15.9 Å². The van der Waals surface area contributed by atoms with Gasteiger partial charge in [-0.1, -0.05) is 40.9 Å². The van der Waals surface area contributed by atoms with Crippen molar-refractivity contribution in [1.82, 2.24) is 10.2 Å². The fraction of sp³-hybridized carbons (Fsp3) is 0.391. The molecule has 2 aromatic rings. The Hall–Kier alpha value is -2.41. The Morgan fingerprint density at radius 3 is 2.40 bits per heavy atom. The maximum Gasteiger partial charge on any atom is 0.261 e. The molecule has 0 saturated heterocycles. The summed E-state index contributed by atoms with van der Waals surface area (Å²) in [4.78, 5) is 27.2. The Morgan fingerprint density at radius 1 is 1.13 bits per heavy atom. The van der Waals surface area contributed by atoms with Crippen LogP contribution in [0.4, 0.5) is 4.39 Å². The number of rotatable bonds is 8. The van der Waals surface area contributed by atoms with Crippen LogP contribution < -0.4 is 10.1 Å². The number of hydrogen-bond donors (Lipinski definition) is 1. The lowest BCUT2D eigenvalue weighted by Crippen LogP contribution is -2.50. The molecule has 7 heteroatoms. The molecule has 0 bridgehead atoms. The lowest BCUT2D eigenvalue weighted by molar-refractivity contribution is -0.142. The maximum atomic E-state index is 13.3. The standard InChI is InChI=1S/C23H26BrFN2O3/c1-16(23(29)26-20-4-2-3-5-20)27(14-17-6-10-19(25)11-7-17)22(28)15-30-21-12-8-18(24)9-13-21/h6-13,16,20H,2-5,14-15H2,1H3,(H,26,29)/t16-/m0/s1. The van der Waals surface area contributed by atoms with Gasteiger partial charge in [-0.25, -0.2) is 4.39 Å². The summed E-state index contributed by atoms with van der Waals surface area (Å²) < 4.78 is 19.8. The molecule has 1 saturated carbocycles. The van der Waals surface area contributed by atoms with Crippen LogP contribution in [0, 0.1) is 5.82 Å². The first kappa shape index (κ1) is 22.3. The van der Waals surface area contributed by atoms with E-state index in [2.05, 4.69) is 21.2 Å². The van der Waals surface area contributed by atoms with E-state index in [9.17, 15) is 14.0 Å². The summed E-state index contributed by atoms with van der Waals surface area (Å²) in [6.07, 6.45) is 4.16. The van der Waals surface area contributed by atoms with Crippen LogP contribution in [-0.2, 0) is 16.1 Å². The van der Waals surface area contributed by atoms with E-state index in [0.29, 0.717) is 5.75 Å². The predicted molar refractivity (Wildman–Crippen MR) is 116 cm³/mol. The molecule has 1 aliphatic carbocycles. The van der Waals surface area contributed by atoms with Crippen molar-refractivity contribution in [2.24, 2.45) is 0 Å². The molecular weight excluding hydrogens is 451 g/mol. The molecule has 3 rings (SSSR count). The topological polar surface area (TPSA) is 58.6 Å². The van der Waals surface area contributed by atoms with Crippen LogP contribution in [0.3, 0.4) is 0 Å². The van der Waals surface area contributed by atoms with Gasteiger partial charge in [-0.15, -0.1) is 0 Å². The van der Waals surface area contributed by atoms with Crippen molar-refractivity contribution in [2.45, 2.75) is 51.2 Å². The molecule has 160 valence electrons. The van der Waals surface area contributed by atoms with E-state index in [1.807, 2.05) is 12.1 Å². The number of nitrogens with one attached hydrogen (secondary N) is 1. The molecule has 30 heavy (non-hydrogen) atoms. The van der Waals surface area contributed by atoms with E-state index in [1.165, 1.54) is 17.0 Å². The Kier molecular flexibility index (Phi) is 7.85. The summed E-state index contributed by atoms with van der Waals surface area (Å²) in [5, 5.41) is 3.05. The van der Waals surface area contributed by atoms with Crippen molar-refractivity contribution in [3.63, 3.8) is 0 Å². The second kappa shape index (κ2) is 10.6. The van der Waals surface area contributed by atoms with E-state index in [0.717, 1.165) is 35.7 Å². The number of ether oxygens (including phenoxy) is 1. The van der Waals surface area contributed by atoms with Gasteiger partial charge in [0, 0.05) is 17.1 Å². The quantitative estimate of drug-likeness (QED) is 0.612. The average molecular weight is 477 g/mol. The Balaban J connectivity index is 1.69. The van der Waals surface area contributed by atoms with Crippen molar-refractivity contribution in [3.05, 3.63) is 64.4 Å². The van der Waals surface area contributed by atoms with Crippen LogP contribution in [-0.4, -0.2) is 35.4 Å². The van der Waals surface area contributed by atoms with E-state index in [1.54, 1.807) is 31.2 Å². The third kappa shape index (κ3) is 6.29. The molecule has 2 amide bonds. The first-order valence-corrected chi connectivity index (χ1v) is 10.9. The van der Waals surface area contributed by atoms with Crippen molar-refractivity contribution in [3.8, 4) is 5.75 Å². The molecule has 0 heterocycles. The number of nitrogens with zero attached hydrogens (tertiary/aromatic N) is 1. The minimum absolute atomic E-state index is 0.168. The summed E-state index contributed by atoms with van der Waals surface area (Å²) in [5.41, 5.74) is 0.744. The predicted octanol–water partition coefficient (Wildman–Crippen LogP) is 4.44. The lowest BCUT2D eigenvalue weighted by atomic mass is 10.1. The van der Waals surface area contributed by atoms with Gasteiger partial charge in [-0.05, 0) is 61.7 Å². The third-order valence-corrected chi connectivity index (χ3v) is 5.84. The summed E-state index contributed by atoms with van der Waals surface area (Å²) in [6, 6.07) is 12.6. The molecule has 1 fully saturated rings. The molecule has 0 spiro atoms. The number of hydrogen-bond acceptors (Lipinski definition) is 3. The van der Waals surface area contributed by atoms with E-state index >= 15 is 0 Å². The Morgan fingerprint density at radius 2 is 1.77 bits per heavy atom. The van der Waals surface area contributed by atoms with E-state index in [-0.39, 0.29) is 36.8 Å². The van der Waals surface area contributed by atoms with Gasteiger partial charge in [0.15, 0.2) is 6.61 Å². The van der Waals surface area contributed by atoms with Crippen LogP contribution in [0.25, 0.3) is 0 Å². The van der Waals surface area contributed by atoms with Gasteiger partial charge in [0.25, 0.3) is 5.91 Å². The zero-order valence-corrected chi connectivity index (χ0v) is 18.5. The van der Waals surface area contributed by atoms with Gasteiger partial charge in [-0.2, -0.15) is 0 Å². The second-order valence-corrected chi connectivity index (χ2v) is 8.47. The number of carbonyl (C=O) groups excluding carboxylic acids is 2. The molecule has 5 nitrogen and oxygen atoms in total. The van der Waals surface area contributed by atoms with Crippen molar-refractivity contribution in [2.75, 3.05) is 6.61 Å². The van der Waals surface area contributed by atoms with Crippen LogP contribution in [0.15, 0.2) is 53.0 Å². The molecule has 1 N–H and O–H groups in total. The first-order chi connectivity index (χ1) is 14.4. The molecule has 0 aliphatic heterocycles. The second-order valence-electron chi connectivity index (χ2n) is 7.56. The highest BCUT2D eigenvalue weighted by molar-refractivity contribution is 9.10. The lowest BCUT2D eigenvalue weighted by Gasteiger charge is -2.29. The molecule has 1 atom stereocenters. The molecule has 2 aromatic carbocycles. The Labute approximate surface area is 184 Å². The highest BCUT2D eigenvalue weighted by Gasteiger charge is 2.28. The van der Waals surface area contributed by atoms with Gasteiger partial charge in [0.1, 0.15) is 17.6 Å². The Bertz CT molecular complexity index is 852. The molecule has 1 aliphatic rings. The number of amides is 2. The van der Waals surface area contributed by atoms with E-state index < -0.39 is 6.04 Å². The van der Waals surface area contributed by atoms with Crippen LogP contribution in [0.1, 0.15) is 38.2 Å². The van der Waals surface area contributed by atoms with Crippen molar-refractivity contribution >= 4 is 27.7 Å². The fourth-order valence-electron chi connectivity index (χ4n) is 3.52. The van der Waals surface area contributed by atoms with Gasteiger partial charge in [0.2, 0.25) is 5.91 Å². The molecule has 0 unspecified atom stereocenters. The van der Waals surface area contributed by atoms with Crippen molar-refractivity contribution < 1.29 is 18.7 Å². The zero-order chi connectivity index (χ0) is 21.5. The number of benzene rings is 2. The normalized spacial score (nSPS) is 14.9. The third-order valence-electron chi connectivity index (χ3n) is 5.31. The van der Waals surface area contributed by atoms with Gasteiger partial charge >= 0.3 is 0 Å². The smallest absolute Gasteiger partial charge is 0.261 e. The summed E-state index contributed by atoms with van der Waals surface area (Å²) in [7, 11) is 0. The average Bonchev–Trinajstić information content (AvgIpc) is 3.25. The summed E-state index contributed by atoms with van der Waals surface area (Å²) >= 11 is 3.36. The highest BCUT2D eigenvalue weighted by atomic mass is 79.9. The van der Waals surface area contributed by atoms with Gasteiger partial charge in [0.05, 0.1) is 0 Å². The van der Waals surface area contributed by atoms with Gasteiger partial charge in [-0.3, -0.25) is 9.59 Å². The maximum absolute atomic E-state index is 13.3. The summed E-state index contributed by atoms with van der Waals surface area (Å²) in [5.74, 6) is -0.268. The fourth-order valence-corrected chi connectivity index (χ4v) is 3.78. The van der Waals surface area contributed by atoms with Crippen molar-refractivity contribution in [1.29, 1.82) is 0 Å².